The molecule has 1 aromatic heterocycles. The largest absolute Gasteiger partial charge is 0.394 e. The van der Waals surface area contributed by atoms with Crippen molar-refractivity contribution in [3.63, 3.8) is 0 Å². The van der Waals surface area contributed by atoms with Crippen LogP contribution >= 0.6 is 80.5 Å². The summed E-state index contributed by atoms with van der Waals surface area (Å²) < 4.78 is 25.4. The molecule has 3 aromatic rings. The second-order valence-electron chi connectivity index (χ2n) is 7.35. The van der Waals surface area contributed by atoms with Gasteiger partial charge in [-0.15, -0.1) is 0 Å². The molecule has 192 valence electrons. The quantitative estimate of drug-likeness (QED) is 0.171. The van der Waals surface area contributed by atoms with E-state index in [1.165, 1.54) is 6.20 Å². The maximum Gasteiger partial charge on any atom is 0.394 e. The molecule has 1 amide bonds. The van der Waals surface area contributed by atoms with Gasteiger partial charge < -0.3 is 10.2 Å². The number of halogens is 5. The van der Waals surface area contributed by atoms with E-state index in [4.69, 9.17) is 55.5 Å². The molecule has 1 unspecified atom stereocenters. The van der Waals surface area contributed by atoms with Crippen LogP contribution in [-0.2, 0) is 25.0 Å². The van der Waals surface area contributed by atoms with Gasteiger partial charge in [-0.05, 0) is 63.2 Å². The summed E-state index contributed by atoms with van der Waals surface area (Å²) in [7, 11) is 3.77. The van der Waals surface area contributed by atoms with Crippen molar-refractivity contribution in [3.05, 3.63) is 78.9 Å². The molecule has 0 radical (unpaired) electrons. The Morgan fingerprint density at radius 1 is 1.14 bits per heavy atom. The lowest BCUT2D eigenvalue weighted by atomic mass is 10.2. The van der Waals surface area contributed by atoms with Crippen LogP contribution in [0, 0.1) is 0 Å². The standard InChI is InChI=1S/C22H19BrCl4N3O4PS/c1-30(2)15-4-3-5-16(9-15)36-35(32,33-11-13-6-7-14(24)8-18(13)25)34-12-19(31)29-21-20(26)17(23)10-28-22(21)27/h3-10H,11-12H2,1-2H3,(H,29,31). The SMILES string of the molecule is CN(C)c1cccc(SP(=O)(OCC(=O)Nc2c(Cl)ncc(Br)c2Cl)OCc2ccc(Cl)cc2Cl)c1. The van der Waals surface area contributed by atoms with Gasteiger partial charge in [0.25, 0.3) is 5.91 Å². The van der Waals surface area contributed by atoms with Gasteiger partial charge >= 0.3 is 6.80 Å². The van der Waals surface area contributed by atoms with E-state index in [9.17, 15) is 9.36 Å². The minimum absolute atomic E-state index is 0.0109. The first-order valence-electron chi connectivity index (χ1n) is 10.1. The summed E-state index contributed by atoms with van der Waals surface area (Å²) in [5.41, 5.74) is 1.53. The highest BCUT2D eigenvalue weighted by Crippen LogP contribution is 2.64. The zero-order valence-electron chi connectivity index (χ0n) is 18.8. The third kappa shape index (κ3) is 8.25. The number of hydrogen-bond acceptors (Lipinski definition) is 7. The van der Waals surface area contributed by atoms with Crippen LogP contribution in [0.4, 0.5) is 11.4 Å². The van der Waals surface area contributed by atoms with Crippen LogP contribution in [0.2, 0.25) is 20.2 Å². The number of amides is 1. The molecule has 14 heteroatoms. The van der Waals surface area contributed by atoms with Crippen molar-refractivity contribution >= 4 is 97.8 Å². The minimum Gasteiger partial charge on any atom is -0.378 e. The second kappa shape index (κ2) is 13.2. The van der Waals surface area contributed by atoms with Crippen molar-refractivity contribution in [1.82, 2.24) is 4.98 Å². The van der Waals surface area contributed by atoms with E-state index in [2.05, 4.69) is 26.2 Å². The fourth-order valence-electron chi connectivity index (χ4n) is 2.69. The summed E-state index contributed by atoms with van der Waals surface area (Å²) in [5.74, 6) is -0.658. The third-order valence-corrected chi connectivity index (χ3v) is 10.1. The van der Waals surface area contributed by atoms with Gasteiger partial charge in [-0.25, -0.2) is 9.55 Å². The summed E-state index contributed by atoms with van der Waals surface area (Å²) in [5, 5.41) is 3.47. The van der Waals surface area contributed by atoms with Crippen LogP contribution in [0.15, 0.2) is 58.0 Å². The average Bonchev–Trinajstić information content (AvgIpc) is 2.83. The Labute approximate surface area is 241 Å². The number of hydrogen-bond donors (Lipinski definition) is 1. The third-order valence-electron chi connectivity index (χ3n) is 4.49. The van der Waals surface area contributed by atoms with Gasteiger partial charge in [0.2, 0.25) is 0 Å². The maximum atomic E-state index is 13.7. The first-order valence-corrected chi connectivity index (χ1v) is 15.3. The van der Waals surface area contributed by atoms with Gasteiger partial charge in [0.1, 0.15) is 6.61 Å². The van der Waals surface area contributed by atoms with Gasteiger partial charge in [-0.1, -0.05) is 58.5 Å². The highest BCUT2D eigenvalue weighted by Gasteiger charge is 2.29. The molecule has 0 spiro atoms. The van der Waals surface area contributed by atoms with E-state index in [1.54, 1.807) is 24.3 Å². The Morgan fingerprint density at radius 3 is 2.58 bits per heavy atom. The fraction of sp³-hybridized carbons (Fsp3) is 0.182. The summed E-state index contributed by atoms with van der Waals surface area (Å²) in [4.78, 5) is 19.1. The normalized spacial score (nSPS) is 12.8. The number of carbonyl (C=O) groups is 1. The molecule has 0 aliphatic rings. The first-order chi connectivity index (χ1) is 17.0. The van der Waals surface area contributed by atoms with Gasteiger partial charge in [-0.3, -0.25) is 13.8 Å². The van der Waals surface area contributed by atoms with Crippen LogP contribution in [0.1, 0.15) is 5.56 Å². The number of pyridine rings is 1. The van der Waals surface area contributed by atoms with Crippen molar-refractivity contribution in [3.8, 4) is 0 Å². The molecule has 0 aliphatic carbocycles. The topological polar surface area (TPSA) is 80.8 Å². The Kier molecular flexibility index (Phi) is 10.8. The first kappa shape index (κ1) is 29.6. The van der Waals surface area contributed by atoms with E-state index in [0.717, 1.165) is 17.1 Å². The lowest BCUT2D eigenvalue weighted by molar-refractivity contribution is -0.118. The minimum atomic E-state index is -3.93. The van der Waals surface area contributed by atoms with Crippen molar-refractivity contribution < 1.29 is 18.4 Å². The zero-order chi connectivity index (χ0) is 26.5. The lowest BCUT2D eigenvalue weighted by Gasteiger charge is -2.19. The van der Waals surface area contributed by atoms with E-state index in [0.29, 0.717) is 25.0 Å². The molecular weight excluding hydrogens is 655 g/mol. The van der Waals surface area contributed by atoms with Gasteiger partial charge in [0.05, 0.1) is 21.8 Å². The Morgan fingerprint density at radius 2 is 1.89 bits per heavy atom. The molecule has 0 saturated heterocycles. The maximum absolute atomic E-state index is 13.7. The molecule has 1 atom stereocenters. The predicted molar refractivity (Wildman–Crippen MR) is 152 cm³/mol. The molecule has 7 nitrogen and oxygen atoms in total. The molecule has 0 fully saturated rings. The summed E-state index contributed by atoms with van der Waals surface area (Å²) in [6.45, 7) is -4.67. The summed E-state index contributed by atoms with van der Waals surface area (Å²) in [6.07, 6.45) is 1.40. The van der Waals surface area contributed by atoms with E-state index < -0.39 is 19.3 Å². The van der Waals surface area contributed by atoms with Crippen molar-refractivity contribution in [1.29, 1.82) is 0 Å². The van der Waals surface area contributed by atoms with E-state index >= 15 is 0 Å². The molecule has 2 aromatic carbocycles. The van der Waals surface area contributed by atoms with Crippen molar-refractivity contribution in [2.24, 2.45) is 0 Å². The smallest absolute Gasteiger partial charge is 0.378 e. The van der Waals surface area contributed by atoms with Crippen LogP contribution in [0.25, 0.3) is 0 Å². The Hall–Kier alpha value is -1.000. The highest BCUT2D eigenvalue weighted by molar-refractivity contribution is 9.10. The van der Waals surface area contributed by atoms with Crippen LogP contribution in [-0.4, -0.2) is 31.6 Å². The summed E-state index contributed by atoms with van der Waals surface area (Å²) in [6, 6.07) is 12.1. The monoisotopic (exact) mass is 671 g/mol. The molecule has 1 heterocycles. The molecule has 0 saturated carbocycles. The number of aromatic nitrogens is 1. The average molecular weight is 674 g/mol. The Bertz CT molecular complexity index is 1320. The van der Waals surface area contributed by atoms with Crippen LogP contribution in [0.5, 0.6) is 0 Å². The number of nitrogens with zero attached hydrogens (tertiary/aromatic N) is 2. The number of carbonyl (C=O) groups excluding carboxylic acids is 1. The van der Waals surface area contributed by atoms with E-state index in [1.807, 2.05) is 37.2 Å². The fourth-order valence-corrected chi connectivity index (χ4v) is 6.95. The van der Waals surface area contributed by atoms with Crippen LogP contribution < -0.4 is 10.2 Å². The van der Waals surface area contributed by atoms with Crippen LogP contribution in [0.3, 0.4) is 0 Å². The zero-order valence-corrected chi connectivity index (χ0v) is 25.1. The van der Waals surface area contributed by atoms with Crippen molar-refractivity contribution in [2.45, 2.75) is 11.5 Å². The highest BCUT2D eigenvalue weighted by atomic mass is 79.9. The second-order valence-corrected chi connectivity index (χ2v) is 13.7. The molecule has 3 rings (SSSR count). The number of rotatable bonds is 10. The summed E-state index contributed by atoms with van der Waals surface area (Å²) >= 11 is 28.5. The molecule has 1 N–H and O–H groups in total. The Balaban J connectivity index is 1.79. The lowest BCUT2D eigenvalue weighted by Crippen LogP contribution is -2.18. The number of benzene rings is 2. The van der Waals surface area contributed by atoms with Gasteiger partial charge in [0, 0.05) is 40.9 Å². The molecule has 0 bridgehead atoms. The van der Waals surface area contributed by atoms with Gasteiger partial charge in [0.15, 0.2) is 5.15 Å². The molecular formula is C22H19BrCl4N3O4PS. The van der Waals surface area contributed by atoms with Crippen molar-refractivity contribution in [2.75, 3.05) is 30.9 Å². The molecule has 36 heavy (non-hydrogen) atoms. The van der Waals surface area contributed by atoms with E-state index in [-0.39, 0.29) is 22.5 Å². The number of nitrogens with one attached hydrogen (secondary N) is 1. The van der Waals surface area contributed by atoms with Gasteiger partial charge in [-0.2, -0.15) is 0 Å². The number of anilines is 2. The molecule has 0 aliphatic heterocycles. The predicted octanol–water partition coefficient (Wildman–Crippen LogP) is 8.60.